The van der Waals surface area contributed by atoms with Crippen molar-refractivity contribution in [3.8, 4) is 11.5 Å². The summed E-state index contributed by atoms with van der Waals surface area (Å²) < 4.78 is 15.1. The van der Waals surface area contributed by atoms with E-state index in [9.17, 15) is 19.7 Å². The third-order valence-corrected chi connectivity index (χ3v) is 3.67. The van der Waals surface area contributed by atoms with Gasteiger partial charge in [-0.05, 0) is 24.3 Å². The van der Waals surface area contributed by atoms with Gasteiger partial charge in [0.25, 0.3) is 11.6 Å². The predicted molar refractivity (Wildman–Crippen MR) is 96.6 cm³/mol. The summed E-state index contributed by atoms with van der Waals surface area (Å²) in [5, 5.41) is 13.2. The molecule has 0 saturated heterocycles. The van der Waals surface area contributed by atoms with Crippen LogP contribution in [0.1, 0.15) is 10.4 Å². The van der Waals surface area contributed by atoms with Crippen LogP contribution in [0, 0.1) is 10.1 Å². The highest BCUT2D eigenvalue weighted by atomic mass is 35.5. The van der Waals surface area contributed by atoms with Gasteiger partial charge < -0.3 is 19.5 Å². The lowest BCUT2D eigenvalue weighted by atomic mass is 10.2. The minimum Gasteiger partial charge on any atom is -0.497 e. The summed E-state index contributed by atoms with van der Waals surface area (Å²) in [6.45, 7) is -0.589. The van der Waals surface area contributed by atoms with E-state index in [0.29, 0.717) is 11.5 Å². The van der Waals surface area contributed by atoms with Crippen LogP contribution in [0.3, 0.4) is 0 Å². The Morgan fingerprint density at radius 3 is 2.30 bits per heavy atom. The van der Waals surface area contributed by atoms with Crippen LogP contribution in [0.25, 0.3) is 0 Å². The quantitative estimate of drug-likeness (QED) is 0.435. The van der Waals surface area contributed by atoms with Crippen LogP contribution >= 0.6 is 11.6 Å². The molecule has 0 aromatic heterocycles. The van der Waals surface area contributed by atoms with Crippen molar-refractivity contribution in [2.45, 2.75) is 0 Å². The largest absolute Gasteiger partial charge is 0.497 e. The number of carbonyl (C=O) groups excluding carboxylic acids is 2. The Balaban J connectivity index is 2.00. The van der Waals surface area contributed by atoms with E-state index in [1.54, 1.807) is 6.07 Å². The maximum atomic E-state index is 12.1. The highest BCUT2D eigenvalue weighted by Gasteiger charge is 2.16. The Morgan fingerprint density at radius 2 is 1.74 bits per heavy atom. The Hall–Kier alpha value is -3.33. The number of hydrogen-bond acceptors (Lipinski definition) is 7. The number of nitro benzene ring substituents is 1. The smallest absolute Gasteiger partial charge is 0.338 e. The zero-order valence-electron chi connectivity index (χ0n) is 14.4. The van der Waals surface area contributed by atoms with Crippen LogP contribution in [0.15, 0.2) is 36.4 Å². The van der Waals surface area contributed by atoms with E-state index < -0.39 is 23.4 Å². The van der Waals surface area contributed by atoms with E-state index in [1.165, 1.54) is 38.5 Å². The molecule has 0 spiro atoms. The van der Waals surface area contributed by atoms with E-state index in [0.717, 1.165) is 6.07 Å². The Morgan fingerprint density at radius 1 is 1.11 bits per heavy atom. The molecule has 10 heteroatoms. The van der Waals surface area contributed by atoms with Crippen molar-refractivity contribution in [1.82, 2.24) is 0 Å². The molecular formula is C17H15ClN2O7. The lowest BCUT2D eigenvalue weighted by Gasteiger charge is -2.09. The normalized spacial score (nSPS) is 10.0. The van der Waals surface area contributed by atoms with Gasteiger partial charge in [0.05, 0.1) is 24.7 Å². The highest BCUT2D eigenvalue weighted by Crippen LogP contribution is 2.27. The fourth-order valence-electron chi connectivity index (χ4n) is 2.07. The monoisotopic (exact) mass is 394 g/mol. The SMILES string of the molecule is COc1cc(OC)cc(C(=O)OCC(=O)Nc2ccc(Cl)c([N+](=O)[O-])c2)c1. The standard InChI is InChI=1S/C17H15ClN2O7/c1-25-12-5-10(6-13(8-12)26-2)17(22)27-9-16(21)19-11-3-4-14(18)15(7-11)20(23)24/h3-8H,9H2,1-2H3,(H,19,21). The van der Waals surface area contributed by atoms with E-state index in [-0.39, 0.29) is 22.0 Å². The van der Waals surface area contributed by atoms with Crippen LogP contribution in [0.4, 0.5) is 11.4 Å². The van der Waals surface area contributed by atoms with Gasteiger partial charge in [-0.3, -0.25) is 14.9 Å². The molecule has 2 aromatic rings. The number of hydrogen-bond donors (Lipinski definition) is 1. The summed E-state index contributed by atoms with van der Waals surface area (Å²) in [7, 11) is 2.87. The van der Waals surface area contributed by atoms with Crippen LogP contribution in [0.5, 0.6) is 11.5 Å². The molecule has 27 heavy (non-hydrogen) atoms. The number of esters is 1. The first-order valence-electron chi connectivity index (χ1n) is 7.48. The molecule has 0 unspecified atom stereocenters. The molecule has 142 valence electrons. The van der Waals surface area contributed by atoms with Gasteiger partial charge in [0.15, 0.2) is 6.61 Å². The van der Waals surface area contributed by atoms with Crippen molar-refractivity contribution >= 4 is 34.9 Å². The molecule has 0 aliphatic heterocycles. The van der Waals surface area contributed by atoms with Crippen molar-refractivity contribution in [3.05, 3.63) is 57.1 Å². The summed E-state index contributed by atoms with van der Waals surface area (Å²) in [6.07, 6.45) is 0. The van der Waals surface area contributed by atoms with Crippen molar-refractivity contribution < 1.29 is 28.7 Å². The molecule has 0 bridgehead atoms. The second kappa shape index (κ2) is 8.86. The summed E-state index contributed by atoms with van der Waals surface area (Å²) in [4.78, 5) is 34.2. The van der Waals surface area contributed by atoms with Crippen molar-refractivity contribution in [2.24, 2.45) is 0 Å². The number of halogens is 1. The summed E-state index contributed by atoms with van der Waals surface area (Å²) in [6, 6.07) is 8.23. The van der Waals surface area contributed by atoms with Gasteiger partial charge in [-0.15, -0.1) is 0 Å². The van der Waals surface area contributed by atoms with Crippen LogP contribution in [-0.4, -0.2) is 37.6 Å². The number of ether oxygens (including phenoxy) is 3. The first kappa shape index (κ1) is 20.0. The molecule has 1 amide bonds. The third-order valence-electron chi connectivity index (χ3n) is 3.35. The fraction of sp³-hybridized carbons (Fsp3) is 0.176. The Labute approximate surface area is 158 Å². The minimum absolute atomic E-state index is 0.0589. The number of rotatable bonds is 7. The van der Waals surface area contributed by atoms with E-state index in [4.69, 9.17) is 25.8 Å². The first-order valence-corrected chi connectivity index (χ1v) is 7.86. The van der Waals surface area contributed by atoms with Gasteiger partial charge in [-0.2, -0.15) is 0 Å². The second-order valence-corrected chi connectivity index (χ2v) is 5.56. The molecule has 1 N–H and O–H groups in total. The number of anilines is 1. The molecule has 0 heterocycles. The zero-order valence-corrected chi connectivity index (χ0v) is 15.1. The molecule has 0 saturated carbocycles. The highest BCUT2D eigenvalue weighted by molar-refractivity contribution is 6.32. The van der Waals surface area contributed by atoms with Crippen LogP contribution < -0.4 is 14.8 Å². The molecule has 0 radical (unpaired) electrons. The maximum absolute atomic E-state index is 12.1. The number of methoxy groups -OCH3 is 2. The van der Waals surface area contributed by atoms with Crippen molar-refractivity contribution in [2.75, 3.05) is 26.1 Å². The van der Waals surface area contributed by atoms with Gasteiger partial charge in [-0.25, -0.2) is 4.79 Å². The summed E-state index contributed by atoms with van der Waals surface area (Å²) in [5.41, 5.74) is -0.0636. The number of nitro groups is 1. The molecule has 0 fully saturated rings. The Kier molecular flexibility index (Phi) is 6.56. The number of nitrogens with one attached hydrogen (secondary N) is 1. The van der Waals surface area contributed by atoms with E-state index in [1.807, 2.05) is 0 Å². The minimum atomic E-state index is -0.760. The van der Waals surface area contributed by atoms with E-state index >= 15 is 0 Å². The zero-order chi connectivity index (χ0) is 20.0. The lowest BCUT2D eigenvalue weighted by Crippen LogP contribution is -2.21. The second-order valence-electron chi connectivity index (χ2n) is 5.15. The number of nitrogens with zero attached hydrogens (tertiary/aromatic N) is 1. The van der Waals surface area contributed by atoms with Gasteiger partial charge in [0.1, 0.15) is 16.5 Å². The first-order chi connectivity index (χ1) is 12.8. The van der Waals surface area contributed by atoms with Gasteiger partial charge in [0.2, 0.25) is 0 Å². The van der Waals surface area contributed by atoms with Crippen molar-refractivity contribution in [3.63, 3.8) is 0 Å². The predicted octanol–water partition coefficient (Wildman–Crippen LogP) is 3.06. The summed E-state index contributed by atoms with van der Waals surface area (Å²) in [5.74, 6) is -0.655. The maximum Gasteiger partial charge on any atom is 0.338 e. The number of carbonyl (C=O) groups is 2. The summed E-state index contributed by atoms with van der Waals surface area (Å²) >= 11 is 5.70. The van der Waals surface area contributed by atoms with E-state index in [2.05, 4.69) is 5.32 Å². The van der Waals surface area contributed by atoms with Gasteiger partial charge in [0, 0.05) is 17.8 Å². The Bertz CT molecular complexity index is 863. The molecule has 2 rings (SSSR count). The lowest BCUT2D eigenvalue weighted by molar-refractivity contribution is -0.384. The molecular weight excluding hydrogens is 380 g/mol. The van der Waals surface area contributed by atoms with Gasteiger partial charge >= 0.3 is 5.97 Å². The van der Waals surface area contributed by atoms with Crippen molar-refractivity contribution in [1.29, 1.82) is 0 Å². The van der Waals surface area contributed by atoms with Crippen LogP contribution in [0.2, 0.25) is 5.02 Å². The fourth-order valence-corrected chi connectivity index (χ4v) is 2.25. The molecule has 0 aliphatic carbocycles. The third kappa shape index (κ3) is 5.32. The average Bonchev–Trinajstić information content (AvgIpc) is 2.66. The van der Waals surface area contributed by atoms with Gasteiger partial charge in [-0.1, -0.05) is 11.6 Å². The molecule has 2 aromatic carbocycles. The number of benzene rings is 2. The molecule has 9 nitrogen and oxygen atoms in total. The average molecular weight is 395 g/mol. The number of amides is 1. The topological polar surface area (TPSA) is 117 Å². The molecule has 0 atom stereocenters. The van der Waals surface area contributed by atoms with Crippen LogP contribution in [-0.2, 0) is 9.53 Å². The molecule has 0 aliphatic rings.